The third kappa shape index (κ3) is 4.35. The summed E-state index contributed by atoms with van der Waals surface area (Å²) >= 11 is 0.986. The predicted octanol–water partition coefficient (Wildman–Crippen LogP) is 2.85. The van der Waals surface area contributed by atoms with E-state index < -0.39 is 8.87 Å². The summed E-state index contributed by atoms with van der Waals surface area (Å²) in [5.41, 5.74) is 6.51. The summed E-state index contributed by atoms with van der Waals surface area (Å²) in [5.74, 6) is -0.338. The number of anilines is 2. The highest BCUT2D eigenvalue weighted by molar-refractivity contribution is 8.72. The molecule has 3 rings (SSSR count). The van der Waals surface area contributed by atoms with Crippen LogP contribution in [-0.4, -0.2) is 24.5 Å². The van der Waals surface area contributed by atoms with E-state index in [4.69, 9.17) is 5.73 Å². The quantitative estimate of drug-likeness (QED) is 0.390. The number of amides is 1. The monoisotopic (exact) mass is 392 g/mol. The lowest BCUT2D eigenvalue weighted by molar-refractivity contribution is 0.102. The van der Waals surface area contributed by atoms with Crippen molar-refractivity contribution in [3.8, 4) is 0 Å². The maximum Gasteiger partial charge on any atom is 0.257 e. The Labute approximate surface area is 151 Å². The first-order valence-corrected chi connectivity index (χ1v) is 10.6. The molecule has 0 radical (unpaired) electrons. The van der Waals surface area contributed by atoms with Gasteiger partial charge in [0.2, 0.25) is 14.0 Å². The number of rotatable bonds is 5. The Balaban J connectivity index is 1.71. The Bertz CT molecular complexity index is 986. The van der Waals surface area contributed by atoms with E-state index >= 15 is 0 Å². The van der Waals surface area contributed by atoms with Crippen LogP contribution in [0.5, 0.6) is 0 Å². The summed E-state index contributed by atoms with van der Waals surface area (Å²) in [6.45, 7) is 0. The summed E-state index contributed by atoms with van der Waals surface area (Å²) < 4.78 is 24.9. The van der Waals surface area contributed by atoms with Gasteiger partial charge in [0.05, 0.1) is 4.90 Å². The van der Waals surface area contributed by atoms with Crippen LogP contribution in [0.4, 0.5) is 10.8 Å². The van der Waals surface area contributed by atoms with Gasteiger partial charge in [-0.25, -0.2) is 8.42 Å². The fraction of sp³-hybridized carbons (Fsp3) is 0. The van der Waals surface area contributed by atoms with Gasteiger partial charge >= 0.3 is 0 Å². The van der Waals surface area contributed by atoms with Crippen molar-refractivity contribution >= 4 is 47.7 Å². The minimum Gasteiger partial charge on any atom is -0.399 e. The van der Waals surface area contributed by atoms with Gasteiger partial charge in [-0.05, 0) is 36.4 Å². The third-order valence-electron chi connectivity index (χ3n) is 3.01. The van der Waals surface area contributed by atoms with Crippen molar-refractivity contribution < 1.29 is 13.2 Å². The molecule has 3 aromatic rings. The smallest absolute Gasteiger partial charge is 0.257 e. The molecule has 0 aliphatic heterocycles. The van der Waals surface area contributed by atoms with Crippen LogP contribution >= 0.6 is 22.1 Å². The van der Waals surface area contributed by atoms with E-state index in [0.29, 0.717) is 22.0 Å². The maximum absolute atomic E-state index is 12.3. The summed E-state index contributed by atoms with van der Waals surface area (Å²) in [6, 6.07) is 14.5. The molecule has 2 aromatic carbocycles. The number of aromatic nitrogens is 2. The Morgan fingerprint density at radius 2 is 1.72 bits per heavy atom. The first-order chi connectivity index (χ1) is 11.9. The molecule has 1 heterocycles. The summed E-state index contributed by atoms with van der Waals surface area (Å²) in [5, 5.41) is 10.4. The summed E-state index contributed by atoms with van der Waals surface area (Å²) in [4.78, 5) is 12.2. The highest BCUT2D eigenvalue weighted by Gasteiger charge is 2.20. The van der Waals surface area contributed by atoms with Crippen molar-refractivity contribution in [2.24, 2.45) is 0 Å². The van der Waals surface area contributed by atoms with Crippen LogP contribution in [-0.2, 0) is 8.87 Å². The molecule has 0 atom stereocenters. The van der Waals surface area contributed by atoms with Gasteiger partial charge in [-0.2, -0.15) is 0 Å². The highest BCUT2D eigenvalue weighted by atomic mass is 33.1. The normalized spacial score (nSPS) is 11.2. The zero-order valence-electron chi connectivity index (χ0n) is 12.6. The molecule has 128 valence electrons. The lowest BCUT2D eigenvalue weighted by Crippen LogP contribution is -2.11. The molecule has 1 amide bonds. The van der Waals surface area contributed by atoms with Crippen LogP contribution in [0, 0.1) is 0 Å². The van der Waals surface area contributed by atoms with Gasteiger partial charge < -0.3 is 5.73 Å². The van der Waals surface area contributed by atoms with Gasteiger partial charge in [-0.1, -0.05) is 29.5 Å². The molecule has 25 heavy (non-hydrogen) atoms. The Morgan fingerprint density at radius 3 is 2.40 bits per heavy atom. The van der Waals surface area contributed by atoms with Crippen molar-refractivity contribution in [3.63, 3.8) is 0 Å². The molecule has 3 N–H and O–H groups in total. The minimum atomic E-state index is -3.64. The van der Waals surface area contributed by atoms with Gasteiger partial charge in [0.25, 0.3) is 5.91 Å². The van der Waals surface area contributed by atoms with Gasteiger partial charge in [0.1, 0.15) is 0 Å². The number of hydrogen-bond donors (Lipinski definition) is 2. The van der Waals surface area contributed by atoms with Gasteiger partial charge in [0.15, 0.2) is 4.34 Å². The van der Waals surface area contributed by atoms with E-state index in [1.807, 2.05) is 0 Å². The van der Waals surface area contributed by atoms with E-state index in [1.165, 1.54) is 24.3 Å². The molecule has 10 heteroatoms. The number of carbonyl (C=O) groups is 1. The highest BCUT2D eigenvalue weighted by Crippen LogP contribution is 2.34. The zero-order chi connectivity index (χ0) is 17.9. The molecular weight excluding hydrogens is 380 g/mol. The number of hydrogen-bond acceptors (Lipinski definition) is 8. The number of carbonyl (C=O) groups excluding carboxylic acids is 1. The van der Waals surface area contributed by atoms with Gasteiger partial charge in [-0.15, -0.1) is 10.2 Å². The second-order valence-electron chi connectivity index (χ2n) is 4.80. The second kappa shape index (κ2) is 7.21. The van der Waals surface area contributed by atoms with E-state index in [-0.39, 0.29) is 20.3 Å². The fourth-order valence-electron chi connectivity index (χ4n) is 1.83. The van der Waals surface area contributed by atoms with Crippen LogP contribution in [0.25, 0.3) is 0 Å². The molecule has 7 nitrogen and oxygen atoms in total. The first kappa shape index (κ1) is 17.4. The molecule has 0 saturated carbocycles. The molecule has 0 aliphatic rings. The molecule has 0 saturated heterocycles. The number of nitrogens with one attached hydrogen (secondary N) is 1. The predicted molar refractivity (Wildman–Crippen MR) is 98.2 cm³/mol. The standard InChI is InChI=1S/C15H12N4O3S3/c16-11-6-8-12(9-7-11)25(21,22)24-15-19-18-14(23-15)17-13(20)10-4-2-1-3-5-10/h1-9H,16H2,(H,17,18,20). The lowest BCUT2D eigenvalue weighted by Gasteiger charge is -2.01. The molecule has 0 unspecified atom stereocenters. The Kier molecular flexibility index (Phi) is 5.02. The van der Waals surface area contributed by atoms with E-state index in [9.17, 15) is 13.2 Å². The topological polar surface area (TPSA) is 115 Å². The molecule has 1 aromatic heterocycles. The Hall–Kier alpha value is -2.43. The second-order valence-corrected chi connectivity index (χ2v) is 9.79. The van der Waals surface area contributed by atoms with Gasteiger partial charge in [0, 0.05) is 22.0 Å². The largest absolute Gasteiger partial charge is 0.399 e. The first-order valence-electron chi connectivity index (χ1n) is 6.94. The van der Waals surface area contributed by atoms with Crippen molar-refractivity contribution in [2.75, 3.05) is 11.1 Å². The Morgan fingerprint density at radius 1 is 1.04 bits per heavy atom. The van der Waals surface area contributed by atoms with Crippen molar-refractivity contribution in [3.05, 3.63) is 60.2 Å². The van der Waals surface area contributed by atoms with Crippen LogP contribution in [0.15, 0.2) is 63.8 Å². The van der Waals surface area contributed by atoms with E-state index in [2.05, 4.69) is 15.5 Å². The molecule has 0 aliphatic carbocycles. The maximum atomic E-state index is 12.3. The lowest BCUT2D eigenvalue weighted by atomic mass is 10.2. The van der Waals surface area contributed by atoms with Crippen LogP contribution < -0.4 is 11.1 Å². The number of benzene rings is 2. The number of nitrogens with two attached hydrogens (primary N) is 1. The molecule has 0 bridgehead atoms. The third-order valence-corrected chi connectivity index (χ3v) is 7.46. The summed E-state index contributed by atoms with van der Waals surface area (Å²) in [7, 11) is -3.07. The zero-order valence-corrected chi connectivity index (χ0v) is 15.1. The SMILES string of the molecule is Nc1ccc(S(=O)(=O)Sc2nnc(NC(=O)c3ccccc3)s2)cc1. The van der Waals surface area contributed by atoms with Crippen LogP contribution in [0.3, 0.4) is 0 Å². The molecular formula is C15H12N4O3S3. The van der Waals surface area contributed by atoms with Gasteiger partial charge in [-0.3, -0.25) is 10.1 Å². The molecule has 0 fully saturated rings. The van der Waals surface area contributed by atoms with Crippen LogP contribution in [0.1, 0.15) is 10.4 Å². The summed E-state index contributed by atoms with van der Waals surface area (Å²) in [6.07, 6.45) is 0. The number of nitrogens with zero attached hydrogens (tertiary/aromatic N) is 2. The van der Waals surface area contributed by atoms with Crippen LogP contribution in [0.2, 0.25) is 0 Å². The van der Waals surface area contributed by atoms with E-state index in [1.54, 1.807) is 30.3 Å². The van der Waals surface area contributed by atoms with Crippen molar-refractivity contribution in [1.82, 2.24) is 10.2 Å². The average molecular weight is 392 g/mol. The van der Waals surface area contributed by atoms with E-state index in [0.717, 1.165) is 11.3 Å². The molecule has 0 spiro atoms. The number of nitrogen functional groups attached to an aromatic ring is 1. The average Bonchev–Trinajstić information content (AvgIpc) is 3.02. The minimum absolute atomic E-state index is 0.122. The van der Waals surface area contributed by atoms with Crippen molar-refractivity contribution in [2.45, 2.75) is 9.24 Å². The van der Waals surface area contributed by atoms with Crippen molar-refractivity contribution in [1.29, 1.82) is 0 Å². The fourth-order valence-corrected chi connectivity index (χ4v) is 5.90.